The molecule has 0 aliphatic heterocycles. The van der Waals surface area contributed by atoms with E-state index in [4.69, 9.17) is 4.74 Å². The Morgan fingerprint density at radius 3 is 1.30 bits per heavy atom. The van der Waals surface area contributed by atoms with Crippen LogP contribution in [0.1, 0.15) is 46.8 Å². The minimum Gasteiger partial charge on any atom is -0.470 e. The molecule has 9 rings (SSSR count). The molecule has 0 bridgehead atoms. The Labute approximate surface area is 341 Å². The van der Waals surface area contributed by atoms with Gasteiger partial charge in [0.2, 0.25) is 5.88 Å². The van der Waals surface area contributed by atoms with Gasteiger partial charge in [-0.1, -0.05) is 34.7 Å². The summed E-state index contributed by atoms with van der Waals surface area (Å²) >= 11 is 0. The SMILES string of the molecule is Cc1nnn(-c2ccc(C(F)F)cc2)c1CO.Cc1nnn(-c2ccc(C(F)F)cc2)c1COc1ccc(-n2cncn2)nn1.c1ncn(-c2ccc(-n3cncn3)nn2)n1. The van der Waals surface area contributed by atoms with E-state index in [1.54, 1.807) is 67.6 Å². The topological polar surface area (TPSA) is 235 Å². The maximum absolute atomic E-state index is 12.7. The monoisotopic (exact) mass is 837 g/mol. The highest BCUT2D eigenvalue weighted by molar-refractivity contribution is 5.37. The van der Waals surface area contributed by atoms with Gasteiger partial charge in [-0.3, -0.25) is 0 Å². The molecule has 0 aliphatic carbocycles. The van der Waals surface area contributed by atoms with Crippen LogP contribution in [0.15, 0.2) is 111 Å². The number of halogens is 4. The molecule has 21 nitrogen and oxygen atoms in total. The van der Waals surface area contributed by atoms with Crippen molar-refractivity contribution in [3.05, 3.63) is 145 Å². The second-order valence-corrected chi connectivity index (χ2v) is 12.3. The van der Waals surface area contributed by atoms with Gasteiger partial charge in [0.1, 0.15) is 50.3 Å². The van der Waals surface area contributed by atoms with E-state index in [0.717, 1.165) is 0 Å². The second-order valence-electron chi connectivity index (χ2n) is 12.3. The molecule has 7 heterocycles. The van der Waals surface area contributed by atoms with Crippen LogP contribution in [0.25, 0.3) is 28.8 Å². The van der Waals surface area contributed by atoms with Crippen LogP contribution in [0.5, 0.6) is 5.88 Å². The third-order valence-electron chi connectivity index (χ3n) is 8.42. The Hall–Kier alpha value is -8.22. The van der Waals surface area contributed by atoms with Gasteiger partial charge in [0.25, 0.3) is 12.9 Å². The van der Waals surface area contributed by atoms with Crippen molar-refractivity contribution in [1.29, 1.82) is 0 Å². The molecule has 0 aliphatic rings. The number of nitrogens with zero attached hydrogens (tertiary/aromatic N) is 19. The summed E-state index contributed by atoms with van der Waals surface area (Å²) in [5.41, 5.74) is 3.60. The molecular weight excluding hydrogens is 807 g/mol. The van der Waals surface area contributed by atoms with Crippen molar-refractivity contribution in [1.82, 2.24) is 94.7 Å². The zero-order chi connectivity index (χ0) is 42.7. The van der Waals surface area contributed by atoms with Crippen molar-refractivity contribution >= 4 is 0 Å². The van der Waals surface area contributed by atoms with Crippen molar-refractivity contribution in [3.8, 4) is 34.7 Å². The van der Waals surface area contributed by atoms with Crippen LogP contribution in [0, 0.1) is 13.8 Å². The average molecular weight is 838 g/mol. The summed E-state index contributed by atoms with van der Waals surface area (Å²) in [5, 5.41) is 52.8. The van der Waals surface area contributed by atoms with Crippen molar-refractivity contribution < 1.29 is 27.4 Å². The van der Waals surface area contributed by atoms with Crippen LogP contribution in [-0.2, 0) is 13.2 Å². The summed E-state index contributed by atoms with van der Waals surface area (Å²) in [4.78, 5) is 11.5. The smallest absolute Gasteiger partial charge is 0.263 e. The fraction of sp³-hybridized carbons (Fsp3) is 0.167. The van der Waals surface area contributed by atoms with E-state index in [1.165, 1.54) is 80.4 Å². The number of hydrogen-bond acceptors (Lipinski definition) is 16. The number of hydrogen-bond donors (Lipinski definition) is 1. The molecule has 0 saturated heterocycles. The molecule has 0 spiro atoms. The Kier molecular flexibility index (Phi) is 12.8. The molecule has 0 amide bonds. The lowest BCUT2D eigenvalue weighted by Crippen LogP contribution is -2.08. The first-order chi connectivity index (χ1) is 29.7. The summed E-state index contributed by atoms with van der Waals surface area (Å²) < 4.78 is 63.4. The summed E-state index contributed by atoms with van der Waals surface area (Å²) in [7, 11) is 0. The van der Waals surface area contributed by atoms with E-state index in [2.05, 4.69) is 71.3 Å². The van der Waals surface area contributed by atoms with E-state index in [-0.39, 0.29) is 24.3 Å². The van der Waals surface area contributed by atoms with Gasteiger partial charge in [0.05, 0.1) is 35.1 Å². The standard InChI is InChI=1S/C17H14F2N8O.C11H11F2N3O.C8H6N8/c1-11-14(27(25-22-11)13-4-2-12(3-5-13)17(18)19)8-28-16-7-6-15(23-24-16)26-10-20-9-21-26;1-7-10(6-17)16(15-14-7)9-4-2-8(3-5-9)11(12)13;1-2-8(16-6-10-4-12-16)14-13-7(1)15-5-9-3-11-15/h2-7,9-10,17H,8H2,1H3;2-5,11,17H,6H2,1H3;1-6H. The van der Waals surface area contributed by atoms with Crippen molar-refractivity contribution in [2.24, 2.45) is 0 Å². The molecule has 9 aromatic rings. The quantitative estimate of drug-likeness (QED) is 0.181. The summed E-state index contributed by atoms with van der Waals surface area (Å²) in [6.45, 7) is 3.44. The maximum Gasteiger partial charge on any atom is 0.263 e. The highest BCUT2D eigenvalue weighted by atomic mass is 19.3. The number of rotatable bonds is 11. The lowest BCUT2D eigenvalue weighted by Gasteiger charge is -2.09. The molecule has 1 N–H and O–H groups in total. The van der Waals surface area contributed by atoms with Crippen LogP contribution >= 0.6 is 0 Å². The first kappa shape index (κ1) is 41.0. The van der Waals surface area contributed by atoms with Crippen LogP contribution in [0.3, 0.4) is 0 Å². The third kappa shape index (κ3) is 9.91. The molecule has 0 radical (unpaired) electrons. The average Bonchev–Trinajstić information content (AvgIpc) is 4.16. The van der Waals surface area contributed by atoms with Gasteiger partial charge >= 0.3 is 0 Å². The number of alkyl halides is 4. The zero-order valence-corrected chi connectivity index (χ0v) is 31.8. The van der Waals surface area contributed by atoms with E-state index in [0.29, 0.717) is 57.5 Å². The number of aliphatic hydroxyl groups is 1. The van der Waals surface area contributed by atoms with Gasteiger partial charge in [-0.2, -0.15) is 15.3 Å². The Morgan fingerprint density at radius 1 is 0.525 bits per heavy atom. The van der Waals surface area contributed by atoms with Gasteiger partial charge in [-0.25, -0.2) is 55.9 Å². The fourth-order valence-electron chi connectivity index (χ4n) is 5.23. The largest absolute Gasteiger partial charge is 0.470 e. The minimum atomic E-state index is -2.52. The van der Waals surface area contributed by atoms with Gasteiger partial charge in [-0.05, 0) is 56.3 Å². The number of aromatic nitrogens is 19. The molecule has 2 aromatic carbocycles. The summed E-state index contributed by atoms with van der Waals surface area (Å²) in [5.74, 6) is 2.01. The third-order valence-corrected chi connectivity index (χ3v) is 8.42. The van der Waals surface area contributed by atoms with Crippen molar-refractivity contribution in [3.63, 3.8) is 0 Å². The zero-order valence-electron chi connectivity index (χ0n) is 31.8. The van der Waals surface area contributed by atoms with E-state index < -0.39 is 12.9 Å². The molecule has 0 atom stereocenters. The molecule has 0 saturated carbocycles. The predicted octanol–water partition coefficient (Wildman–Crippen LogP) is 4.11. The van der Waals surface area contributed by atoms with Gasteiger partial charge in [-0.15, -0.1) is 30.6 Å². The Morgan fingerprint density at radius 2 is 0.934 bits per heavy atom. The van der Waals surface area contributed by atoms with Gasteiger partial charge < -0.3 is 9.84 Å². The Balaban J connectivity index is 0.000000146. The minimum absolute atomic E-state index is 0.0452. The van der Waals surface area contributed by atoms with Gasteiger partial charge in [0, 0.05) is 17.2 Å². The second kappa shape index (κ2) is 19.0. The molecule has 0 unspecified atom stereocenters. The Bertz CT molecular complexity index is 2640. The maximum atomic E-state index is 12.7. The number of aryl methyl sites for hydroxylation is 2. The first-order valence-electron chi connectivity index (χ1n) is 17.7. The molecule has 61 heavy (non-hydrogen) atoms. The van der Waals surface area contributed by atoms with Crippen molar-refractivity contribution in [2.45, 2.75) is 39.9 Å². The lowest BCUT2D eigenvalue weighted by molar-refractivity contribution is 0.151. The highest BCUT2D eigenvalue weighted by Crippen LogP contribution is 2.23. The fourth-order valence-corrected chi connectivity index (χ4v) is 5.23. The van der Waals surface area contributed by atoms with Crippen LogP contribution < -0.4 is 4.74 Å². The molecular formula is C36H31F4N19O2. The van der Waals surface area contributed by atoms with E-state index >= 15 is 0 Å². The summed E-state index contributed by atoms with van der Waals surface area (Å²) in [6, 6.07) is 18.5. The number of benzene rings is 2. The van der Waals surface area contributed by atoms with Crippen LogP contribution in [-0.4, -0.2) is 99.8 Å². The van der Waals surface area contributed by atoms with E-state index in [1.807, 2.05) is 0 Å². The first-order valence-corrected chi connectivity index (χ1v) is 17.7. The number of ether oxygens (including phenoxy) is 1. The van der Waals surface area contributed by atoms with Crippen molar-refractivity contribution in [2.75, 3.05) is 0 Å². The molecule has 0 fully saturated rings. The predicted molar refractivity (Wildman–Crippen MR) is 201 cm³/mol. The van der Waals surface area contributed by atoms with Crippen LogP contribution in [0.4, 0.5) is 17.6 Å². The molecule has 7 aromatic heterocycles. The summed E-state index contributed by atoms with van der Waals surface area (Å²) in [6.07, 6.45) is 3.89. The number of aliphatic hydroxyl groups excluding tert-OH is 1. The highest BCUT2D eigenvalue weighted by Gasteiger charge is 2.15. The van der Waals surface area contributed by atoms with Crippen LogP contribution in [0.2, 0.25) is 0 Å². The molecule has 310 valence electrons. The normalized spacial score (nSPS) is 11.0. The van der Waals surface area contributed by atoms with Gasteiger partial charge in [0.15, 0.2) is 17.5 Å². The lowest BCUT2D eigenvalue weighted by atomic mass is 10.2. The van der Waals surface area contributed by atoms with E-state index in [9.17, 15) is 22.7 Å². The molecule has 25 heteroatoms.